The standard InChI is InChI=1S/C19H19ClN2O2/c1-14(16-8-10-17(20)11-9-16)22-19(24)13-21-18(23)12-7-15-5-3-2-4-6-15/h2-12,14H,13H2,1H3,(H,21,23)(H,22,24)/b12-7+/t14-/m0/s1. The summed E-state index contributed by atoms with van der Waals surface area (Å²) in [4.78, 5) is 23.6. The summed E-state index contributed by atoms with van der Waals surface area (Å²) in [6.45, 7) is 1.80. The first-order chi connectivity index (χ1) is 11.5. The van der Waals surface area contributed by atoms with Crippen molar-refractivity contribution < 1.29 is 9.59 Å². The van der Waals surface area contributed by atoms with Crippen LogP contribution in [0.4, 0.5) is 0 Å². The van der Waals surface area contributed by atoms with Crippen LogP contribution < -0.4 is 10.6 Å². The number of carbonyl (C=O) groups excluding carboxylic acids is 2. The lowest BCUT2D eigenvalue weighted by Crippen LogP contribution is -2.37. The number of nitrogens with one attached hydrogen (secondary N) is 2. The number of benzene rings is 2. The molecule has 0 bridgehead atoms. The van der Waals surface area contributed by atoms with E-state index in [-0.39, 0.29) is 24.4 Å². The van der Waals surface area contributed by atoms with Crippen molar-refractivity contribution in [1.82, 2.24) is 10.6 Å². The fourth-order valence-corrected chi connectivity index (χ4v) is 2.22. The summed E-state index contributed by atoms with van der Waals surface area (Å²) in [5.74, 6) is -0.563. The highest BCUT2D eigenvalue weighted by molar-refractivity contribution is 6.30. The van der Waals surface area contributed by atoms with Gasteiger partial charge < -0.3 is 10.6 Å². The van der Waals surface area contributed by atoms with Crippen LogP contribution >= 0.6 is 11.6 Å². The van der Waals surface area contributed by atoms with Gasteiger partial charge in [0.05, 0.1) is 12.6 Å². The molecule has 2 N–H and O–H groups in total. The molecule has 0 fully saturated rings. The minimum Gasteiger partial charge on any atom is -0.348 e. The summed E-state index contributed by atoms with van der Waals surface area (Å²) in [5, 5.41) is 6.03. The van der Waals surface area contributed by atoms with E-state index >= 15 is 0 Å². The van der Waals surface area contributed by atoms with Gasteiger partial charge in [-0.1, -0.05) is 54.1 Å². The summed E-state index contributed by atoms with van der Waals surface area (Å²) < 4.78 is 0. The van der Waals surface area contributed by atoms with Crippen molar-refractivity contribution in [1.29, 1.82) is 0 Å². The number of hydrogen-bond acceptors (Lipinski definition) is 2. The molecule has 1 atom stereocenters. The Morgan fingerprint density at radius 3 is 2.42 bits per heavy atom. The quantitative estimate of drug-likeness (QED) is 0.791. The van der Waals surface area contributed by atoms with E-state index in [0.29, 0.717) is 5.02 Å². The number of amides is 2. The van der Waals surface area contributed by atoms with Gasteiger partial charge in [0.2, 0.25) is 11.8 Å². The van der Waals surface area contributed by atoms with Crippen LogP contribution in [0.3, 0.4) is 0 Å². The summed E-state index contributed by atoms with van der Waals surface area (Å²) in [7, 11) is 0. The molecule has 0 aliphatic rings. The molecule has 0 saturated heterocycles. The zero-order valence-corrected chi connectivity index (χ0v) is 14.1. The van der Waals surface area contributed by atoms with E-state index in [1.807, 2.05) is 49.4 Å². The van der Waals surface area contributed by atoms with Gasteiger partial charge in [-0.3, -0.25) is 9.59 Å². The monoisotopic (exact) mass is 342 g/mol. The molecule has 5 heteroatoms. The van der Waals surface area contributed by atoms with Crippen molar-refractivity contribution in [2.45, 2.75) is 13.0 Å². The topological polar surface area (TPSA) is 58.2 Å². The molecule has 24 heavy (non-hydrogen) atoms. The Kier molecular flexibility index (Phi) is 6.58. The van der Waals surface area contributed by atoms with Crippen LogP contribution in [0.5, 0.6) is 0 Å². The lowest BCUT2D eigenvalue weighted by Gasteiger charge is -2.14. The molecule has 0 saturated carbocycles. The first kappa shape index (κ1) is 17.8. The van der Waals surface area contributed by atoms with Gasteiger partial charge >= 0.3 is 0 Å². The van der Waals surface area contributed by atoms with Crippen LogP contribution in [0.2, 0.25) is 5.02 Å². The normalized spacial score (nSPS) is 11.9. The predicted molar refractivity (Wildman–Crippen MR) is 96.5 cm³/mol. The zero-order chi connectivity index (χ0) is 17.4. The highest BCUT2D eigenvalue weighted by Crippen LogP contribution is 2.15. The molecule has 0 radical (unpaired) electrons. The number of halogens is 1. The van der Waals surface area contributed by atoms with Crippen LogP contribution in [0, 0.1) is 0 Å². The van der Waals surface area contributed by atoms with Gasteiger partial charge in [0, 0.05) is 11.1 Å². The Bertz CT molecular complexity index is 712. The van der Waals surface area contributed by atoms with Gasteiger partial charge in [-0.05, 0) is 36.3 Å². The Hall–Kier alpha value is -2.59. The van der Waals surface area contributed by atoms with Crippen LogP contribution in [-0.4, -0.2) is 18.4 Å². The first-order valence-corrected chi connectivity index (χ1v) is 7.98. The average molecular weight is 343 g/mol. The highest BCUT2D eigenvalue weighted by atomic mass is 35.5. The van der Waals surface area contributed by atoms with Gasteiger partial charge in [-0.15, -0.1) is 0 Å². The summed E-state index contributed by atoms with van der Waals surface area (Å²) in [6.07, 6.45) is 3.11. The number of rotatable bonds is 6. The van der Waals surface area contributed by atoms with E-state index in [4.69, 9.17) is 11.6 Å². The number of hydrogen-bond donors (Lipinski definition) is 2. The van der Waals surface area contributed by atoms with Crippen molar-refractivity contribution in [3.05, 3.63) is 76.8 Å². The largest absolute Gasteiger partial charge is 0.348 e. The van der Waals surface area contributed by atoms with Gasteiger partial charge in [0.15, 0.2) is 0 Å². The third kappa shape index (κ3) is 5.89. The minimum absolute atomic E-state index is 0.0735. The Balaban J connectivity index is 1.77. The van der Waals surface area contributed by atoms with Crippen LogP contribution in [-0.2, 0) is 9.59 Å². The summed E-state index contributed by atoms with van der Waals surface area (Å²) >= 11 is 5.84. The summed E-state index contributed by atoms with van der Waals surface area (Å²) in [6, 6.07) is 16.6. The van der Waals surface area contributed by atoms with Crippen molar-refractivity contribution in [3.63, 3.8) is 0 Å². The Labute approximate surface area is 146 Å². The lowest BCUT2D eigenvalue weighted by molar-refractivity contribution is -0.124. The fourth-order valence-electron chi connectivity index (χ4n) is 2.09. The highest BCUT2D eigenvalue weighted by Gasteiger charge is 2.09. The zero-order valence-electron chi connectivity index (χ0n) is 13.3. The maximum atomic E-state index is 11.9. The van der Waals surface area contributed by atoms with Crippen LogP contribution in [0.25, 0.3) is 6.08 Å². The van der Waals surface area contributed by atoms with Crippen molar-refractivity contribution >= 4 is 29.5 Å². The second-order valence-corrected chi connectivity index (χ2v) is 5.74. The molecule has 0 heterocycles. The first-order valence-electron chi connectivity index (χ1n) is 7.60. The lowest BCUT2D eigenvalue weighted by atomic mass is 10.1. The van der Waals surface area contributed by atoms with Crippen LogP contribution in [0.1, 0.15) is 24.1 Å². The molecule has 4 nitrogen and oxygen atoms in total. The molecule has 124 valence electrons. The molecule has 0 aromatic heterocycles. The maximum absolute atomic E-state index is 11.9. The maximum Gasteiger partial charge on any atom is 0.244 e. The molecule has 2 amide bonds. The van der Waals surface area contributed by atoms with Crippen molar-refractivity contribution in [2.24, 2.45) is 0 Å². The molecule has 2 aromatic rings. The third-order valence-electron chi connectivity index (χ3n) is 3.40. The summed E-state index contributed by atoms with van der Waals surface area (Å²) in [5.41, 5.74) is 1.87. The molecule has 0 aliphatic heterocycles. The van der Waals surface area contributed by atoms with E-state index in [2.05, 4.69) is 10.6 Å². The van der Waals surface area contributed by atoms with Gasteiger partial charge in [-0.25, -0.2) is 0 Å². The minimum atomic E-state index is -0.312. The molecule has 2 rings (SSSR count). The van der Waals surface area contributed by atoms with E-state index in [0.717, 1.165) is 11.1 Å². The van der Waals surface area contributed by atoms with E-state index in [1.165, 1.54) is 6.08 Å². The fraction of sp³-hybridized carbons (Fsp3) is 0.158. The number of carbonyl (C=O) groups is 2. The second-order valence-electron chi connectivity index (χ2n) is 5.30. The SMILES string of the molecule is C[C@H](NC(=O)CNC(=O)/C=C/c1ccccc1)c1ccc(Cl)cc1. The molecule has 2 aromatic carbocycles. The Morgan fingerprint density at radius 2 is 1.75 bits per heavy atom. The molecular weight excluding hydrogens is 324 g/mol. The van der Waals surface area contributed by atoms with Gasteiger partial charge in [0.25, 0.3) is 0 Å². The smallest absolute Gasteiger partial charge is 0.244 e. The molecular formula is C19H19ClN2O2. The average Bonchev–Trinajstić information content (AvgIpc) is 2.59. The van der Waals surface area contributed by atoms with E-state index < -0.39 is 0 Å². The molecule has 0 aliphatic carbocycles. The second kappa shape index (κ2) is 8.89. The van der Waals surface area contributed by atoms with E-state index in [9.17, 15) is 9.59 Å². The van der Waals surface area contributed by atoms with Crippen molar-refractivity contribution in [2.75, 3.05) is 6.54 Å². The molecule has 0 spiro atoms. The third-order valence-corrected chi connectivity index (χ3v) is 3.65. The molecule has 0 unspecified atom stereocenters. The van der Waals surface area contributed by atoms with Gasteiger partial charge in [0.1, 0.15) is 0 Å². The predicted octanol–water partition coefficient (Wildman–Crippen LogP) is 3.35. The van der Waals surface area contributed by atoms with Crippen molar-refractivity contribution in [3.8, 4) is 0 Å². The van der Waals surface area contributed by atoms with Crippen LogP contribution in [0.15, 0.2) is 60.7 Å². The van der Waals surface area contributed by atoms with E-state index in [1.54, 1.807) is 18.2 Å². The Morgan fingerprint density at radius 1 is 1.08 bits per heavy atom. The van der Waals surface area contributed by atoms with Gasteiger partial charge in [-0.2, -0.15) is 0 Å².